The molecule has 2 amide bonds. The highest BCUT2D eigenvalue weighted by Crippen LogP contribution is 2.13. The third-order valence-electron chi connectivity index (χ3n) is 3.58. The number of nitrogens with two attached hydrogens (primary N) is 1. The van der Waals surface area contributed by atoms with Crippen LogP contribution in [-0.4, -0.2) is 41.9 Å². The highest BCUT2D eigenvalue weighted by molar-refractivity contribution is 5.82. The van der Waals surface area contributed by atoms with Crippen molar-refractivity contribution in [2.45, 2.75) is 58.5 Å². The fraction of sp³-hybridized carbons (Fsp3) is 0.857. The number of nitrogens with one attached hydrogen (secondary N) is 1. The van der Waals surface area contributed by atoms with Crippen molar-refractivity contribution in [1.29, 1.82) is 0 Å². The quantitative estimate of drug-likeness (QED) is 0.778. The zero-order valence-electron chi connectivity index (χ0n) is 12.3. The molecule has 1 heterocycles. The number of piperidine rings is 1. The lowest BCUT2D eigenvalue weighted by atomic mass is 10.0. The van der Waals surface area contributed by atoms with Crippen molar-refractivity contribution in [1.82, 2.24) is 10.2 Å². The first-order valence-corrected chi connectivity index (χ1v) is 7.29. The molecular formula is C14H27N3O2. The summed E-state index contributed by atoms with van der Waals surface area (Å²) in [5.74, 6) is 0.224. The van der Waals surface area contributed by atoms with Gasteiger partial charge in [0.2, 0.25) is 11.8 Å². The predicted octanol–water partition coefficient (Wildman–Crippen LogP) is 0.877. The van der Waals surface area contributed by atoms with Crippen molar-refractivity contribution in [3.05, 3.63) is 0 Å². The van der Waals surface area contributed by atoms with Crippen LogP contribution in [0.2, 0.25) is 0 Å². The molecule has 1 saturated heterocycles. The highest BCUT2D eigenvalue weighted by atomic mass is 16.2. The number of carbonyl (C=O) groups excluding carboxylic acids is 2. The van der Waals surface area contributed by atoms with E-state index >= 15 is 0 Å². The first kappa shape index (κ1) is 16.0. The molecule has 0 aliphatic carbocycles. The van der Waals surface area contributed by atoms with Gasteiger partial charge in [-0.15, -0.1) is 0 Å². The average molecular weight is 269 g/mol. The fourth-order valence-corrected chi connectivity index (χ4v) is 2.32. The number of amides is 2. The van der Waals surface area contributed by atoms with Crippen molar-refractivity contribution >= 4 is 11.8 Å². The molecule has 1 aliphatic rings. The number of nitrogens with zero attached hydrogens (tertiary/aromatic N) is 1. The molecule has 1 unspecified atom stereocenters. The van der Waals surface area contributed by atoms with Crippen LogP contribution in [0.25, 0.3) is 0 Å². The Hall–Kier alpha value is -1.10. The van der Waals surface area contributed by atoms with Crippen LogP contribution in [-0.2, 0) is 9.59 Å². The van der Waals surface area contributed by atoms with E-state index in [1.54, 1.807) is 4.90 Å². The second kappa shape index (κ2) is 7.48. The van der Waals surface area contributed by atoms with E-state index in [-0.39, 0.29) is 23.8 Å². The molecule has 0 aromatic carbocycles. The summed E-state index contributed by atoms with van der Waals surface area (Å²) in [5, 5.41) is 3.00. The molecule has 19 heavy (non-hydrogen) atoms. The third-order valence-corrected chi connectivity index (χ3v) is 3.58. The van der Waals surface area contributed by atoms with Gasteiger partial charge in [-0.3, -0.25) is 9.59 Å². The zero-order chi connectivity index (χ0) is 14.4. The summed E-state index contributed by atoms with van der Waals surface area (Å²) in [6.07, 6.45) is 3.26. The molecule has 1 fully saturated rings. The largest absolute Gasteiger partial charge is 0.352 e. The predicted molar refractivity (Wildman–Crippen MR) is 75.5 cm³/mol. The molecule has 3 N–H and O–H groups in total. The van der Waals surface area contributed by atoms with E-state index in [9.17, 15) is 9.59 Å². The molecule has 1 rings (SSSR count). The molecule has 2 atom stereocenters. The summed E-state index contributed by atoms with van der Waals surface area (Å²) in [4.78, 5) is 25.6. The maximum Gasteiger partial charge on any atom is 0.239 e. The summed E-state index contributed by atoms with van der Waals surface area (Å²) < 4.78 is 0. The van der Waals surface area contributed by atoms with Gasteiger partial charge in [0.15, 0.2) is 0 Å². The molecule has 0 spiro atoms. The molecule has 0 aromatic heterocycles. The first-order chi connectivity index (χ1) is 8.95. The maximum absolute atomic E-state index is 12.2. The number of hydrogen-bond acceptors (Lipinski definition) is 3. The molecule has 0 saturated carbocycles. The van der Waals surface area contributed by atoms with Gasteiger partial charge in [-0.2, -0.15) is 0 Å². The van der Waals surface area contributed by atoms with E-state index in [1.165, 1.54) is 0 Å². The first-order valence-electron chi connectivity index (χ1n) is 7.29. The summed E-state index contributed by atoms with van der Waals surface area (Å²) in [6.45, 7) is 7.23. The van der Waals surface area contributed by atoms with Crippen LogP contribution in [0.5, 0.6) is 0 Å². The monoisotopic (exact) mass is 269 g/mol. The van der Waals surface area contributed by atoms with Gasteiger partial charge in [0, 0.05) is 25.6 Å². The Balaban J connectivity index is 2.50. The molecule has 0 bridgehead atoms. The Morgan fingerprint density at radius 1 is 1.42 bits per heavy atom. The summed E-state index contributed by atoms with van der Waals surface area (Å²) in [5.41, 5.74) is 5.91. The van der Waals surface area contributed by atoms with Gasteiger partial charge in [0.25, 0.3) is 0 Å². The number of carbonyl (C=O) groups is 2. The van der Waals surface area contributed by atoms with Crippen molar-refractivity contribution in [3.63, 3.8) is 0 Å². The van der Waals surface area contributed by atoms with Crippen LogP contribution in [0, 0.1) is 5.92 Å². The van der Waals surface area contributed by atoms with E-state index in [1.807, 2.05) is 20.8 Å². The minimum atomic E-state index is -0.440. The van der Waals surface area contributed by atoms with E-state index in [0.717, 1.165) is 25.8 Å². The van der Waals surface area contributed by atoms with E-state index < -0.39 is 6.04 Å². The summed E-state index contributed by atoms with van der Waals surface area (Å²) >= 11 is 0. The van der Waals surface area contributed by atoms with E-state index in [4.69, 9.17) is 5.73 Å². The minimum absolute atomic E-state index is 0.00411. The normalized spacial score (nSPS) is 21.3. The van der Waals surface area contributed by atoms with Crippen LogP contribution in [0.3, 0.4) is 0 Å². The summed E-state index contributed by atoms with van der Waals surface area (Å²) in [7, 11) is 0. The van der Waals surface area contributed by atoms with Crippen LogP contribution in [0.15, 0.2) is 0 Å². The van der Waals surface area contributed by atoms with Crippen molar-refractivity contribution in [3.8, 4) is 0 Å². The van der Waals surface area contributed by atoms with Crippen LogP contribution >= 0.6 is 0 Å². The molecule has 5 heteroatoms. The maximum atomic E-state index is 12.2. The van der Waals surface area contributed by atoms with Crippen LogP contribution in [0.1, 0.15) is 46.5 Å². The number of hydrogen-bond donors (Lipinski definition) is 2. The lowest BCUT2D eigenvalue weighted by Gasteiger charge is -2.35. The van der Waals surface area contributed by atoms with Gasteiger partial charge in [-0.05, 0) is 25.2 Å². The second-order valence-corrected chi connectivity index (χ2v) is 5.71. The number of rotatable bonds is 5. The topological polar surface area (TPSA) is 75.4 Å². The van der Waals surface area contributed by atoms with Gasteiger partial charge in [-0.1, -0.05) is 20.8 Å². The fourth-order valence-electron chi connectivity index (χ4n) is 2.32. The SMILES string of the molecule is CCCC(=O)NC1CCCN(C(=O)[C@@H](N)C(C)C)C1. The Labute approximate surface area is 115 Å². The van der Waals surface area contributed by atoms with E-state index in [2.05, 4.69) is 5.32 Å². The van der Waals surface area contributed by atoms with Crippen molar-refractivity contribution in [2.24, 2.45) is 11.7 Å². The molecule has 5 nitrogen and oxygen atoms in total. The number of likely N-dealkylation sites (tertiary alicyclic amines) is 1. The Morgan fingerprint density at radius 2 is 2.11 bits per heavy atom. The third kappa shape index (κ3) is 4.82. The lowest BCUT2D eigenvalue weighted by molar-refractivity contribution is -0.135. The van der Waals surface area contributed by atoms with Crippen LogP contribution < -0.4 is 11.1 Å². The zero-order valence-corrected chi connectivity index (χ0v) is 12.3. The van der Waals surface area contributed by atoms with Gasteiger partial charge in [0.1, 0.15) is 0 Å². The minimum Gasteiger partial charge on any atom is -0.352 e. The Morgan fingerprint density at radius 3 is 2.68 bits per heavy atom. The van der Waals surface area contributed by atoms with Gasteiger partial charge >= 0.3 is 0 Å². The molecule has 0 aromatic rings. The lowest BCUT2D eigenvalue weighted by Crippen LogP contribution is -2.54. The van der Waals surface area contributed by atoms with Crippen LogP contribution in [0.4, 0.5) is 0 Å². The second-order valence-electron chi connectivity index (χ2n) is 5.71. The average Bonchev–Trinajstić information content (AvgIpc) is 2.37. The molecular weight excluding hydrogens is 242 g/mol. The van der Waals surface area contributed by atoms with Crippen molar-refractivity contribution in [2.75, 3.05) is 13.1 Å². The Kier molecular flexibility index (Phi) is 6.28. The Bertz CT molecular complexity index is 318. The molecule has 1 aliphatic heterocycles. The summed E-state index contributed by atoms with van der Waals surface area (Å²) in [6, 6.07) is -0.360. The standard InChI is InChI=1S/C14H27N3O2/c1-4-6-12(18)16-11-7-5-8-17(9-11)14(19)13(15)10(2)3/h10-11,13H,4-9,15H2,1-3H3,(H,16,18)/t11?,13-/m0/s1. The van der Waals surface area contributed by atoms with Crippen molar-refractivity contribution < 1.29 is 9.59 Å². The van der Waals surface area contributed by atoms with Gasteiger partial charge in [0.05, 0.1) is 6.04 Å². The molecule has 110 valence electrons. The smallest absolute Gasteiger partial charge is 0.239 e. The highest BCUT2D eigenvalue weighted by Gasteiger charge is 2.28. The van der Waals surface area contributed by atoms with Gasteiger partial charge in [-0.25, -0.2) is 0 Å². The molecule has 0 radical (unpaired) electrons. The van der Waals surface area contributed by atoms with E-state index in [0.29, 0.717) is 13.0 Å². The van der Waals surface area contributed by atoms with Gasteiger partial charge < -0.3 is 16.0 Å².